The van der Waals surface area contributed by atoms with Gasteiger partial charge in [-0.15, -0.1) is 0 Å². The molecule has 0 aliphatic rings. The molecule has 0 aliphatic heterocycles. The summed E-state index contributed by atoms with van der Waals surface area (Å²) in [6.45, 7) is 7.32. The number of nitrogens with zero attached hydrogens (tertiary/aromatic N) is 1. The number of rotatable bonds is 7. The molecule has 1 amide bonds. The topological polar surface area (TPSA) is 62.6 Å². The molecule has 3 aromatic rings. The predicted molar refractivity (Wildman–Crippen MR) is 113 cm³/mol. The maximum atomic E-state index is 12.7. The molecular formula is C22H23ClN2O3. The summed E-state index contributed by atoms with van der Waals surface area (Å²) >= 11 is 6.05. The van der Waals surface area contributed by atoms with Gasteiger partial charge in [0.2, 0.25) is 0 Å². The molecular weight excluding hydrogens is 376 g/mol. The number of carbonyl (C=O) groups excluding carboxylic acids is 1. The monoisotopic (exact) mass is 398 g/mol. The molecule has 0 unspecified atom stereocenters. The fourth-order valence-corrected chi connectivity index (χ4v) is 3.29. The van der Waals surface area contributed by atoms with E-state index in [4.69, 9.17) is 16.0 Å². The van der Waals surface area contributed by atoms with Gasteiger partial charge in [-0.1, -0.05) is 43.6 Å². The zero-order chi connectivity index (χ0) is 20.1. The number of carbonyl (C=O) groups is 1. The molecule has 146 valence electrons. The fourth-order valence-electron chi connectivity index (χ4n) is 3.10. The predicted octanol–water partition coefficient (Wildman–Crippen LogP) is 4.19. The Balaban J connectivity index is 1.94. The molecule has 1 heterocycles. The number of para-hydroxylation sites is 1. The minimum absolute atomic E-state index is 0.200. The first-order valence-electron chi connectivity index (χ1n) is 9.36. The molecule has 0 fully saturated rings. The van der Waals surface area contributed by atoms with Crippen molar-refractivity contribution in [2.24, 2.45) is 0 Å². The van der Waals surface area contributed by atoms with Gasteiger partial charge < -0.3 is 14.6 Å². The lowest BCUT2D eigenvalue weighted by Gasteiger charge is -2.18. The first-order valence-corrected chi connectivity index (χ1v) is 9.74. The summed E-state index contributed by atoms with van der Waals surface area (Å²) in [5, 5.41) is 3.84. The maximum absolute atomic E-state index is 12.7. The summed E-state index contributed by atoms with van der Waals surface area (Å²) in [6, 6.07) is 13.5. The molecule has 0 spiro atoms. The van der Waals surface area contributed by atoms with Crippen molar-refractivity contribution in [1.29, 1.82) is 0 Å². The standard InChI is InChI=1S/C22H23ClN2O3/c1-3-25(4-2)12-11-24-22(27)18-10-6-9-17-19(26)14-20(28-21(17)18)15-7-5-8-16(23)13-15/h5-10,13-14H,3-4,11-12H2,1-2H3,(H,24,27). The third-order valence-electron chi connectivity index (χ3n) is 4.72. The van der Waals surface area contributed by atoms with Crippen LogP contribution in [0, 0.1) is 0 Å². The van der Waals surface area contributed by atoms with Crippen LogP contribution >= 0.6 is 11.6 Å². The first kappa shape index (κ1) is 20.1. The SMILES string of the molecule is CCN(CC)CCNC(=O)c1cccc2c(=O)cc(-c3cccc(Cl)c3)oc12. The lowest BCUT2D eigenvalue weighted by Crippen LogP contribution is -2.34. The Kier molecular flexibility index (Phi) is 6.49. The molecule has 1 N–H and O–H groups in total. The van der Waals surface area contributed by atoms with Crippen LogP contribution in [0.4, 0.5) is 0 Å². The van der Waals surface area contributed by atoms with Crippen LogP contribution in [0.1, 0.15) is 24.2 Å². The van der Waals surface area contributed by atoms with E-state index in [2.05, 4.69) is 24.1 Å². The number of amides is 1. The van der Waals surface area contributed by atoms with Crippen LogP contribution in [0.15, 0.2) is 57.7 Å². The van der Waals surface area contributed by atoms with Crippen molar-refractivity contribution in [2.45, 2.75) is 13.8 Å². The quantitative estimate of drug-likeness (QED) is 0.648. The number of likely N-dealkylation sites (N-methyl/N-ethyl adjacent to an activating group) is 1. The van der Waals surface area contributed by atoms with Gasteiger partial charge in [-0.25, -0.2) is 0 Å². The van der Waals surface area contributed by atoms with Crippen LogP contribution in [0.25, 0.3) is 22.3 Å². The summed E-state index contributed by atoms with van der Waals surface area (Å²) in [5.74, 6) is 0.118. The Morgan fingerprint density at radius 3 is 2.57 bits per heavy atom. The van der Waals surface area contributed by atoms with E-state index in [9.17, 15) is 9.59 Å². The van der Waals surface area contributed by atoms with Crippen molar-refractivity contribution in [1.82, 2.24) is 10.2 Å². The molecule has 2 aromatic carbocycles. The minimum atomic E-state index is -0.260. The van der Waals surface area contributed by atoms with E-state index in [1.807, 2.05) is 6.07 Å². The molecule has 0 saturated heterocycles. The largest absolute Gasteiger partial charge is 0.455 e. The molecule has 5 nitrogen and oxygen atoms in total. The van der Waals surface area contributed by atoms with E-state index in [1.54, 1.807) is 36.4 Å². The smallest absolute Gasteiger partial charge is 0.255 e. The summed E-state index contributed by atoms with van der Waals surface area (Å²) in [4.78, 5) is 27.5. The third kappa shape index (κ3) is 4.43. The number of hydrogen-bond donors (Lipinski definition) is 1. The van der Waals surface area contributed by atoms with E-state index >= 15 is 0 Å². The fraction of sp³-hybridized carbons (Fsp3) is 0.273. The van der Waals surface area contributed by atoms with Gasteiger partial charge in [0, 0.05) is 29.7 Å². The highest BCUT2D eigenvalue weighted by Crippen LogP contribution is 2.26. The summed E-state index contributed by atoms with van der Waals surface area (Å²) in [6.07, 6.45) is 0. The highest BCUT2D eigenvalue weighted by atomic mass is 35.5. The van der Waals surface area contributed by atoms with E-state index in [-0.39, 0.29) is 16.9 Å². The zero-order valence-corrected chi connectivity index (χ0v) is 16.8. The molecule has 0 atom stereocenters. The highest BCUT2D eigenvalue weighted by Gasteiger charge is 2.15. The highest BCUT2D eigenvalue weighted by molar-refractivity contribution is 6.30. The lowest BCUT2D eigenvalue weighted by molar-refractivity contribution is 0.0949. The Bertz CT molecular complexity index is 1040. The van der Waals surface area contributed by atoms with Crippen LogP contribution in [0.2, 0.25) is 5.02 Å². The Labute approximate surface area is 168 Å². The van der Waals surface area contributed by atoms with Crippen molar-refractivity contribution < 1.29 is 9.21 Å². The third-order valence-corrected chi connectivity index (χ3v) is 4.95. The van der Waals surface area contributed by atoms with Gasteiger partial charge in [0.05, 0.1) is 10.9 Å². The Morgan fingerprint density at radius 2 is 1.86 bits per heavy atom. The molecule has 28 heavy (non-hydrogen) atoms. The van der Waals surface area contributed by atoms with Crippen LogP contribution in [-0.4, -0.2) is 37.0 Å². The average Bonchev–Trinajstić information content (AvgIpc) is 2.70. The van der Waals surface area contributed by atoms with E-state index < -0.39 is 0 Å². The van der Waals surface area contributed by atoms with Gasteiger partial charge in [0.1, 0.15) is 5.76 Å². The number of hydrogen-bond acceptors (Lipinski definition) is 4. The van der Waals surface area contributed by atoms with Crippen LogP contribution < -0.4 is 10.7 Å². The van der Waals surface area contributed by atoms with Crippen LogP contribution in [0.5, 0.6) is 0 Å². The summed E-state index contributed by atoms with van der Waals surface area (Å²) in [7, 11) is 0. The van der Waals surface area contributed by atoms with Gasteiger partial charge in [-0.3, -0.25) is 9.59 Å². The summed E-state index contributed by atoms with van der Waals surface area (Å²) < 4.78 is 5.98. The molecule has 1 aromatic heterocycles. The Hall–Kier alpha value is -2.63. The van der Waals surface area contributed by atoms with Gasteiger partial charge in [0.25, 0.3) is 5.91 Å². The van der Waals surface area contributed by atoms with Gasteiger partial charge in [-0.2, -0.15) is 0 Å². The minimum Gasteiger partial charge on any atom is -0.455 e. The van der Waals surface area contributed by atoms with Crippen LogP contribution in [0.3, 0.4) is 0 Å². The van der Waals surface area contributed by atoms with Crippen molar-refractivity contribution in [3.05, 3.63) is 69.3 Å². The molecule has 0 bridgehead atoms. The van der Waals surface area contributed by atoms with E-state index in [1.165, 1.54) is 6.07 Å². The molecule has 0 aliphatic carbocycles. The number of nitrogens with one attached hydrogen (secondary N) is 1. The second kappa shape index (κ2) is 9.04. The van der Waals surface area contributed by atoms with Gasteiger partial charge in [-0.05, 0) is 37.4 Å². The summed E-state index contributed by atoms with van der Waals surface area (Å²) in [5.41, 5.74) is 1.11. The normalized spacial score (nSPS) is 11.1. The second-order valence-electron chi connectivity index (χ2n) is 6.45. The second-order valence-corrected chi connectivity index (χ2v) is 6.89. The maximum Gasteiger partial charge on any atom is 0.255 e. The number of halogens is 1. The molecule has 0 radical (unpaired) electrons. The van der Waals surface area contributed by atoms with Crippen LogP contribution in [-0.2, 0) is 0 Å². The van der Waals surface area contributed by atoms with Crippen molar-refractivity contribution in [3.8, 4) is 11.3 Å². The van der Waals surface area contributed by atoms with E-state index in [0.29, 0.717) is 33.8 Å². The zero-order valence-electron chi connectivity index (χ0n) is 16.0. The van der Waals surface area contributed by atoms with Gasteiger partial charge in [0.15, 0.2) is 11.0 Å². The average molecular weight is 399 g/mol. The van der Waals surface area contributed by atoms with E-state index in [0.717, 1.165) is 19.6 Å². The molecule has 0 saturated carbocycles. The van der Waals surface area contributed by atoms with Crippen molar-refractivity contribution >= 4 is 28.5 Å². The Morgan fingerprint density at radius 1 is 1.11 bits per heavy atom. The van der Waals surface area contributed by atoms with Crippen molar-refractivity contribution in [3.63, 3.8) is 0 Å². The number of fused-ring (bicyclic) bond motifs is 1. The lowest BCUT2D eigenvalue weighted by atomic mass is 10.1. The van der Waals surface area contributed by atoms with Crippen molar-refractivity contribution in [2.75, 3.05) is 26.2 Å². The van der Waals surface area contributed by atoms with Gasteiger partial charge >= 0.3 is 0 Å². The molecule has 6 heteroatoms. The number of benzene rings is 2. The molecule has 3 rings (SSSR count). The first-order chi connectivity index (χ1) is 13.5.